The van der Waals surface area contributed by atoms with Gasteiger partial charge in [0.15, 0.2) is 5.13 Å². The molecule has 2 aromatic carbocycles. The summed E-state index contributed by atoms with van der Waals surface area (Å²) in [4.78, 5) is 42.4. The van der Waals surface area contributed by atoms with Crippen LogP contribution in [0.4, 0.5) is 10.8 Å². The summed E-state index contributed by atoms with van der Waals surface area (Å²) in [5.74, 6) is -1.13. The zero-order chi connectivity index (χ0) is 20.4. The summed E-state index contributed by atoms with van der Waals surface area (Å²) < 4.78 is 5.96. The van der Waals surface area contributed by atoms with Gasteiger partial charge in [0, 0.05) is 0 Å². The van der Waals surface area contributed by atoms with Crippen molar-refractivity contribution in [2.45, 2.75) is 19.4 Å². The van der Waals surface area contributed by atoms with Crippen LogP contribution in [0.5, 0.6) is 0 Å². The number of imide groups is 1. The molecule has 0 unspecified atom stereocenters. The summed E-state index contributed by atoms with van der Waals surface area (Å²) in [7, 11) is 0. The Bertz CT molecular complexity index is 1050. The minimum atomic E-state index is -0.709. The lowest BCUT2D eigenvalue weighted by atomic mass is 10.2. The summed E-state index contributed by atoms with van der Waals surface area (Å²) in [6.45, 7) is 2.00. The summed E-state index contributed by atoms with van der Waals surface area (Å²) in [5, 5.41) is 0.615. The highest BCUT2D eigenvalue weighted by atomic mass is 32.1. The van der Waals surface area contributed by atoms with E-state index in [1.165, 1.54) is 23.5 Å². The Morgan fingerprint density at radius 1 is 1.21 bits per heavy atom. The molecule has 2 heterocycles. The highest BCUT2D eigenvalue weighted by molar-refractivity contribution is 7.22. The standard InChI is InChI=1S/C20H18N4O4S/c1-2-28-19(27)12-7-9-13(10-8-12)24-17(25)11-15(18(24)26)22-23-20-21-14-5-3-4-6-16(14)29-20/h3-10,15,22H,2,11H2,1H3,(H,21,23)/t15-/m1/s1. The minimum Gasteiger partial charge on any atom is -0.462 e. The average Bonchev–Trinajstić information content (AvgIpc) is 3.26. The molecule has 2 N–H and O–H groups in total. The largest absolute Gasteiger partial charge is 0.462 e. The molecule has 4 rings (SSSR count). The highest BCUT2D eigenvalue weighted by Crippen LogP contribution is 2.26. The maximum atomic E-state index is 12.7. The van der Waals surface area contributed by atoms with Gasteiger partial charge in [-0.05, 0) is 43.3 Å². The van der Waals surface area contributed by atoms with Crippen molar-refractivity contribution in [3.63, 3.8) is 0 Å². The number of fused-ring (bicyclic) bond motifs is 1. The molecular weight excluding hydrogens is 392 g/mol. The molecule has 8 nitrogen and oxygen atoms in total. The quantitative estimate of drug-likeness (QED) is 0.366. The van der Waals surface area contributed by atoms with Crippen LogP contribution in [0.3, 0.4) is 0 Å². The first-order valence-electron chi connectivity index (χ1n) is 9.08. The molecule has 1 aliphatic heterocycles. The fourth-order valence-electron chi connectivity index (χ4n) is 3.05. The Hall–Kier alpha value is -3.30. The number of nitrogens with one attached hydrogen (secondary N) is 2. The Morgan fingerprint density at radius 2 is 1.97 bits per heavy atom. The van der Waals surface area contributed by atoms with Gasteiger partial charge < -0.3 is 4.74 Å². The number of carbonyl (C=O) groups is 3. The normalized spacial score (nSPS) is 16.4. The molecular formula is C20H18N4O4S. The molecule has 1 aliphatic rings. The van der Waals surface area contributed by atoms with E-state index in [4.69, 9.17) is 4.74 Å². The van der Waals surface area contributed by atoms with Gasteiger partial charge in [-0.1, -0.05) is 23.5 Å². The molecule has 1 fully saturated rings. The van der Waals surface area contributed by atoms with Gasteiger partial charge >= 0.3 is 5.97 Å². The lowest BCUT2D eigenvalue weighted by molar-refractivity contribution is -0.121. The average molecular weight is 410 g/mol. The van der Waals surface area contributed by atoms with Crippen molar-refractivity contribution < 1.29 is 19.1 Å². The number of esters is 1. The number of hydrogen-bond acceptors (Lipinski definition) is 8. The summed E-state index contributed by atoms with van der Waals surface area (Å²) in [6, 6.07) is 13.2. The van der Waals surface area contributed by atoms with Gasteiger partial charge in [0.05, 0.1) is 34.5 Å². The van der Waals surface area contributed by atoms with Crippen LogP contribution >= 0.6 is 11.3 Å². The molecule has 9 heteroatoms. The number of aromatic nitrogens is 1. The maximum Gasteiger partial charge on any atom is 0.338 e. The molecule has 0 radical (unpaired) electrons. The first-order chi connectivity index (χ1) is 14.1. The van der Waals surface area contributed by atoms with Crippen LogP contribution in [0, 0.1) is 0 Å². The van der Waals surface area contributed by atoms with Crippen molar-refractivity contribution in [2.24, 2.45) is 0 Å². The van der Waals surface area contributed by atoms with Crippen LogP contribution in [0.1, 0.15) is 23.7 Å². The number of carbonyl (C=O) groups excluding carboxylic acids is 3. The maximum absolute atomic E-state index is 12.7. The fourth-order valence-corrected chi connectivity index (χ4v) is 3.88. The smallest absolute Gasteiger partial charge is 0.338 e. The van der Waals surface area contributed by atoms with E-state index in [1.807, 2.05) is 24.3 Å². The molecule has 148 valence electrons. The predicted octanol–water partition coefficient (Wildman–Crippen LogP) is 2.72. The monoisotopic (exact) mass is 410 g/mol. The molecule has 1 saturated heterocycles. The second-order valence-corrected chi connectivity index (χ2v) is 7.38. The molecule has 1 aromatic heterocycles. The number of ether oxygens (including phenoxy) is 1. The van der Waals surface area contributed by atoms with Crippen LogP contribution < -0.4 is 15.8 Å². The van der Waals surface area contributed by atoms with Crippen LogP contribution in [-0.2, 0) is 14.3 Å². The number of thiazole rings is 1. The van der Waals surface area contributed by atoms with Crippen molar-refractivity contribution in [3.8, 4) is 0 Å². The third-order valence-corrected chi connectivity index (χ3v) is 5.38. The number of benzene rings is 2. The van der Waals surface area contributed by atoms with Gasteiger partial charge in [0.25, 0.3) is 5.91 Å². The lowest BCUT2D eigenvalue weighted by Crippen LogP contribution is -2.41. The van der Waals surface area contributed by atoms with E-state index in [2.05, 4.69) is 15.8 Å². The SMILES string of the molecule is CCOC(=O)c1ccc(N2C(=O)C[C@@H](NNc3nc4ccccc4s3)C2=O)cc1. The van der Waals surface area contributed by atoms with E-state index in [0.29, 0.717) is 16.4 Å². The molecule has 0 bridgehead atoms. The number of hydrazine groups is 1. The topological polar surface area (TPSA) is 101 Å². The number of anilines is 2. The number of amides is 2. The Labute approximate surface area is 170 Å². The summed E-state index contributed by atoms with van der Waals surface area (Å²) in [6.07, 6.45) is 0.0242. The second-order valence-electron chi connectivity index (χ2n) is 6.35. The molecule has 0 aliphatic carbocycles. The van der Waals surface area contributed by atoms with Crippen LogP contribution in [0.25, 0.3) is 10.2 Å². The molecule has 29 heavy (non-hydrogen) atoms. The summed E-state index contributed by atoms with van der Waals surface area (Å²) >= 11 is 1.45. The van der Waals surface area contributed by atoms with Gasteiger partial charge in [-0.15, -0.1) is 0 Å². The van der Waals surface area contributed by atoms with Crippen molar-refractivity contribution in [1.82, 2.24) is 10.4 Å². The number of hydrogen-bond donors (Lipinski definition) is 2. The number of para-hydroxylation sites is 1. The van der Waals surface area contributed by atoms with Crippen LogP contribution in [0.15, 0.2) is 48.5 Å². The van der Waals surface area contributed by atoms with E-state index < -0.39 is 12.0 Å². The minimum absolute atomic E-state index is 0.0242. The molecule has 3 aromatic rings. The highest BCUT2D eigenvalue weighted by Gasteiger charge is 2.39. The molecule has 0 spiro atoms. The summed E-state index contributed by atoms with van der Waals surface area (Å²) in [5.41, 5.74) is 7.47. The van der Waals surface area contributed by atoms with Crippen LogP contribution in [0.2, 0.25) is 0 Å². The molecule has 0 saturated carbocycles. The third kappa shape index (κ3) is 3.82. The van der Waals surface area contributed by atoms with Crippen molar-refractivity contribution in [3.05, 3.63) is 54.1 Å². The van der Waals surface area contributed by atoms with Crippen molar-refractivity contribution in [2.75, 3.05) is 16.9 Å². The zero-order valence-electron chi connectivity index (χ0n) is 15.5. The Balaban J connectivity index is 1.43. The zero-order valence-corrected chi connectivity index (χ0v) is 16.4. The number of rotatable bonds is 6. The van der Waals surface area contributed by atoms with Gasteiger partial charge in [0.1, 0.15) is 6.04 Å². The second kappa shape index (κ2) is 7.98. The van der Waals surface area contributed by atoms with Crippen molar-refractivity contribution >= 4 is 50.2 Å². The van der Waals surface area contributed by atoms with Gasteiger partial charge in [-0.3, -0.25) is 15.0 Å². The Morgan fingerprint density at radius 3 is 2.69 bits per heavy atom. The first kappa shape index (κ1) is 19.0. The Kier molecular flexibility index (Phi) is 5.24. The van der Waals surface area contributed by atoms with Gasteiger partial charge in [0.2, 0.25) is 5.91 Å². The fraction of sp³-hybridized carbons (Fsp3) is 0.200. The van der Waals surface area contributed by atoms with E-state index in [0.717, 1.165) is 15.1 Å². The predicted molar refractivity (Wildman–Crippen MR) is 110 cm³/mol. The van der Waals surface area contributed by atoms with E-state index in [1.54, 1.807) is 19.1 Å². The third-order valence-electron chi connectivity index (χ3n) is 4.43. The van der Waals surface area contributed by atoms with Crippen molar-refractivity contribution in [1.29, 1.82) is 0 Å². The molecule has 1 atom stereocenters. The molecule has 2 amide bonds. The van der Waals surface area contributed by atoms with Gasteiger partial charge in [-0.2, -0.15) is 0 Å². The van der Waals surface area contributed by atoms with E-state index in [9.17, 15) is 14.4 Å². The van der Waals surface area contributed by atoms with E-state index in [-0.39, 0.29) is 24.8 Å². The lowest BCUT2D eigenvalue weighted by Gasteiger charge is -2.16. The number of nitrogens with zero attached hydrogens (tertiary/aromatic N) is 2. The van der Waals surface area contributed by atoms with Gasteiger partial charge in [-0.25, -0.2) is 20.1 Å². The van der Waals surface area contributed by atoms with Crippen LogP contribution in [-0.4, -0.2) is 35.4 Å². The first-order valence-corrected chi connectivity index (χ1v) is 9.89. The van der Waals surface area contributed by atoms with E-state index >= 15 is 0 Å².